The van der Waals surface area contributed by atoms with Crippen LogP contribution < -0.4 is 11.1 Å². The Morgan fingerprint density at radius 1 is 1.41 bits per heavy atom. The minimum Gasteiger partial charge on any atom is -0.351 e. The number of nitrogens with two attached hydrogens (primary N) is 1. The fourth-order valence-electron chi connectivity index (χ4n) is 1.98. The first-order valence-corrected chi connectivity index (χ1v) is 5.94. The van der Waals surface area contributed by atoms with Gasteiger partial charge in [-0.25, -0.2) is 4.79 Å². The normalized spacial score (nSPS) is 17.7. The molecule has 1 fully saturated rings. The lowest BCUT2D eigenvalue weighted by atomic mass is 10.0. The van der Waals surface area contributed by atoms with E-state index in [1.807, 2.05) is 31.2 Å². The molecular weight excluding hydrogens is 214 g/mol. The third kappa shape index (κ3) is 4.07. The number of rotatable bonds is 4. The van der Waals surface area contributed by atoms with Crippen molar-refractivity contribution < 1.29 is 4.79 Å². The summed E-state index contributed by atoms with van der Waals surface area (Å²) in [5.74, 6) is 0. The van der Waals surface area contributed by atoms with E-state index in [1.165, 1.54) is 0 Å². The van der Waals surface area contributed by atoms with Crippen LogP contribution in [0.15, 0.2) is 36.6 Å². The Kier molecular flexibility index (Phi) is 5.49. The molecule has 0 spiro atoms. The van der Waals surface area contributed by atoms with Gasteiger partial charge in [0, 0.05) is 11.7 Å². The van der Waals surface area contributed by atoms with E-state index in [-0.39, 0.29) is 6.04 Å². The van der Waals surface area contributed by atoms with Crippen LogP contribution in [0.25, 0.3) is 0 Å². The number of primary amides is 1. The van der Waals surface area contributed by atoms with Crippen LogP contribution in [0.4, 0.5) is 4.79 Å². The zero-order chi connectivity index (χ0) is 12.7. The molecule has 1 aliphatic heterocycles. The minimum atomic E-state index is -0.424. The molecule has 1 aliphatic rings. The molecular formula is C13H21N3O. The number of piperidine rings is 1. The number of nitrogens with zero attached hydrogens (tertiary/aromatic N) is 1. The van der Waals surface area contributed by atoms with Crippen molar-refractivity contribution in [2.75, 3.05) is 13.1 Å². The third-order valence-electron chi connectivity index (χ3n) is 2.81. The second kappa shape index (κ2) is 6.91. The summed E-state index contributed by atoms with van der Waals surface area (Å²) in [6.45, 7) is 7.68. The monoisotopic (exact) mass is 235 g/mol. The quantitative estimate of drug-likeness (QED) is 0.729. The molecule has 1 saturated heterocycles. The Bertz CT molecular complexity index is 328. The molecule has 94 valence electrons. The summed E-state index contributed by atoms with van der Waals surface area (Å²) in [7, 11) is 0. The van der Waals surface area contributed by atoms with Gasteiger partial charge in [0.2, 0.25) is 0 Å². The lowest BCUT2D eigenvalue weighted by Crippen LogP contribution is -2.47. The van der Waals surface area contributed by atoms with Crippen LogP contribution in [0.1, 0.15) is 19.8 Å². The Balaban J connectivity index is 2.70. The number of allylic oxidation sites excluding steroid dienone is 4. The van der Waals surface area contributed by atoms with Gasteiger partial charge < -0.3 is 11.1 Å². The molecule has 0 aromatic carbocycles. The number of carbonyl (C=O) groups is 1. The Morgan fingerprint density at radius 2 is 2.06 bits per heavy atom. The summed E-state index contributed by atoms with van der Waals surface area (Å²) in [5, 5.41) is 3.26. The lowest BCUT2D eigenvalue weighted by Gasteiger charge is -2.33. The second-order valence-electron chi connectivity index (χ2n) is 4.07. The van der Waals surface area contributed by atoms with Gasteiger partial charge in [0.25, 0.3) is 0 Å². The molecule has 0 unspecified atom stereocenters. The number of hydrogen-bond donors (Lipinski definition) is 2. The van der Waals surface area contributed by atoms with Gasteiger partial charge in [-0.05, 0) is 38.9 Å². The highest BCUT2D eigenvalue weighted by atomic mass is 16.2. The summed E-state index contributed by atoms with van der Waals surface area (Å²) in [6, 6.07) is -0.261. The summed E-state index contributed by atoms with van der Waals surface area (Å²) < 4.78 is 0. The maximum atomic E-state index is 11.5. The van der Waals surface area contributed by atoms with Crippen molar-refractivity contribution in [2.45, 2.75) is 25.8 Å². The van der Waals surface area contributed by atoms with E-state index in [1.54, 1.807) is 4.90 Å². The SMILES string of the molecule is C=C(/C=C\C=C/C)N(C(N)=O)C1CCNCC1. The van der Waals surface area contributed by atoms with Gasteiger partial charge in [-0.3, -0.25) is 4.90 Å². The first-order valence-electron chi connectivity index (χ1n) is 5.94. The van der Waals surface area contributed by atoms with E-state index < -0.39 is 6.03 Å². The van der Waals surface area contributed by atoms with Crippen LogP contribution in [0, 0.1) is 0 Å². The van der Waals surface area contributed by atoms with E-state index in [9.17, 15) is 4.79 Å². The van der Waals surface area contributed by atoms with E-state index in [4.69, 9.17) is 5.73 Å². The number of nitrogens with one attached hydrogen (secondary N) is 1. The van der Waals surface area contributed by atoms with Crippen LogP contribution in [0.2, 0.25) is 0 Å². The van der Waals surface area contributed by atoms with E-state index in [0.717, 1.165) is 25.9 Å². The van der Waals surface area contributed by atoms with Crippen LogP contribution in [0.3, 0.4) is 0 Å². The average Bonchev–Trinajstić information content (AvgIpc) is 2.30. The molecule has 0 bridgehead atoms. The molecule has 0 aromatic heterocycles. The molecule has 17 heavy (non-hydrogen) atoms. The molecule has 1 rings (SSSR count). The number of urea groups is 1. The fourth-order valence-corrected chi connectivity index (χ4v) is 1.98. The summed E-state index contributed by atoms with van der Waals surface area (Å²) >= 11 is 0. The minimum absolute atomic E-state index is 0.163. The smallest absolute Gasteiger partial charge is 0.319 e. The van der Waals surface area contributed by atoms with Crippen LogP contribution in [0.5, 0.6) is 0 Å². The van der Waals surface area contributed by atoms with Crippen LogP contribution in [-0.4, -0.2) is 30.1 Å². The number of hydrogen-bond acceptors (Lipinski definition) is 2. The first-order chi connectivity index (χ1) is 8.16. The number of carbonyl (C=O) groups excluding carboxylic acids is 1. The molecule has 4 heteroatoms. The first kappa shape index (κ1) is 13.5. The molecule has 0 saturated carbocycles. The molecule has 0 radical (unpaired) electrons. The van der Waals surface area contributed by atoms with Gasteiger partial charge in [0.05, 0.1) is 0 Å². The Morgan fingerprint density at radius 3 is 2.59 bits per heavy atom. The van der Waals surface area contributed by atoms with Crippen LogP contribution in [-0.2, 0) is 0 Å². The third-order valence-corrected chi connectivity index (χ3v) is 2.81. The van der Waals surface area contributed by atoms with Crippen molar-refractivity contribution in [1.82, 2.24) is 10.2 Å². The second-order valence-corrected chi connectivity index (χ2v) is 4.07. The highest BCUT2D eigenvalue weighted by Crippen LogP contribution is 2.17. The van der Waals surface area contributed by atoms with Crippen molar-refractivity contribution in [2.24, 2.45) is 5.73 Å². The van der Waals surface area contributed by atoms with E-state index >= 15 is 0 Å². The van der Waals surface area contributed by atoms with Gasteiger partial charge in [-0.1, -0.05) is 24.8 Å². The maximum Gasteiger partial charge on any atom is 0.319 e. The number of amides is 2. The Hall–Kier alpha value is -1.55. The van der Waals surface area contributed by atoms with Gasteiger partial charge in [0.1, 0.15) is 0 Å². The zero-order valence-corrected chi connectivity index (χ0v) is 10.4. The van der Waals surface area contributed by atoms with Gasteiger partial charge in [-0.15, -0.1) is 0 Å². The van der Waals surface area contributed by atoms with Gasteiger partial charge in [-0.2, -0.15) is 0 Å². The largest absolute Gasteiger partial charge is 0.351 e. The predicted molar refractivity (Wildman–Crippen MR) is 70.4 cm³/mol. The van der Waals surface area contributed by atoms with Crippen molar-refractivity contribution in [3.05, 3.63) is 36.6 Å². The van der Waals surface area contributed by atoms with Gasteiger partial charge >= 0.3 is 6.03 Å². The zero-order valence-electron chi connectivity index (χ0n) is 10.4. The van der Waals surface area contributed by atoms with E-state index in [2.05, 4.69) is 11.9 Å². The highest BCUT2D eigenvalue weighted by Gasteiger charge is 2.24. The predicted octanol–water partition coefficient (Wildman–Crippen LogP) is 1.77. The summed E-state index contributed by atoms with van der Waals surface area (Å²) in [6.07, 6.45) is 9.32. The summed E-state index contributed by atoms with van der Waals surface area (Å²) in [4.78, 5) is 13.1. The highest BCUT2D eigenvalue weighted by molar-refractivity contribution is 5.75. The average molecular weight is 235 g/mol. The fraction of sp³-hybridized carbons (Fsp3) is 0.462. The van der Waals surface area contributed by atoms with Gasteiger partial charge in [0.15, 0.2) is 0 Å². The van der Waals surface area contributed by atoms with Crippen molar-refractivity contribution in [1.29, 1.82) is 0 Å². The standard InChI is InChI=1S/C13H21N3O/c1-3-4-5-6-11(2)16(13(14)17)12-7-9-15-10-8-12/h3-6,12,15H,2,7-10H2,1H3,(H2,14,17)/b4-3-,6-5-. The van der Waals surface area contributed by atoms with Crippen molar-refractivity contribution in [3.8, 4) is 0 Å². The van der Waals surface area contributed by atoms with Crippen molar-refractivity contribution in [3.63, 3.8) is 0 Å². The maximum absolute atomic E-state index is 11.5. The molecule has 0 aliphatic carbocycles. The molecule has 0 aromatic rings. The molecule has 3 N–H and O–H groups in total. The van der Waals surface area contributed by atoms with Crippen molar-refractivity contribution >= 4 is 6.03 Å². The molecule has 0 atom stereocenters. The lowest BCUT2D eigenvalue weighted by molar-refractivity contribution is 0.192. The topological polar surface area (TPSA) is 58.4 Å². The molecule has 4 nitrogen and oxygen atoms in total. The Labute approximate surface area is 103 Å². The molecule has 2 amide bonds. The van der Waals surface area contributed by atoms with Crippen LogP contribution >= 0.6 is 0 Å². The molecule has 1 heterocycles. The van der Waals surface area contributed by atoms with E-state index in [0.29, 0.717) is 5.70 Å². The summed E-state index contributed by atoms with van der Waals surface area (Å²) in [5.41, 5.74) is 6.08.